The third-order valence-corrected chi connectivity index (χ3v) is 2.85. The summed E-state index contributed by atoms with van der Waals surface area (Å²) in [7, 11) is 1.48. The highest BCUT2D eigenvalue weighted by molar-refractivity contribution is 5.98. The number of hydrogen-bond acceptors (Lipinski definition) is 5. The zero-order chi connectivity index (χ0) is 15.8. The summed E-state index contributed by atoms with van der Waals surface area (Å²) in [6.07, 6.45) is 1.62. The van der Waals surface area contributed by atoms with Gasteiger partial charge in [0.25, 0.3) is 5.91 Å². The van der Waals surface area contributed by atoms with E-state index in [4.69, 9.17) is 9.47 Å². The normalized spacial score (nSPS) is 9.86. The van der Waals surface area contributed by atoms with E-state index in [1.165, 1.54) is 7.11 Å². The second-order valence-electron chi connectivity index (χ2n) is 4.36. The molecular formula is C16H16N2O4. The number of amides is 1. The number of ether oxygens (including phenoxy) is 2. The molecule has 0 saturated heterocycles. The lowest BCUT2D eigenvalue weighted by Crippen LogP contribution is -2.30. The molecule has 114 valence electrons. The van der Waals surface area contributed by atoms with E-state index < -0.39 is 11.9 Å². The SMILES string of the molecule is COc1ccccc1C(=O)NCC(=O)OCc1ccccn1. The van der Waals surface area contributed by atoms with Crippen LogP contribution in [0.15, 0.2) is 48.7 Å². The van der Waals surface area contributed by atoms with Crippen LogP contribution in [0.5, 0.6) is 5.75 Å². The molecule has 1 aromatic carbocycles. The van der Waals surface area contributed by atoms with Crippen molar-refractivity contribution in [2.75, 3.05) is 13.7 Å². The molecule has 1 heterocycles. The summed E-state index contributed by atoms with van der Waals surface area (Å²) in [6, 6.07) is 12.1. The van der Waals surface area contributed by atoms with E-state index in [1.54, 1.807) is 48.7 Å². The number of nitrogens with zero attached hydrogens (tertiary/aromatic N) is 1. The minimum Gasteiger partial charge on any atom is -0.496 e. The predicted molar refractivity (Wildman–Crippen MR) is 79.4 cm³/mol. The van der Waals surface area contributed by atoms with Gasteiger partial charge in [-0.1, -0.05) is 18.2 Å². The zero-order valence-electron chi connectivity index (χ0n) is 12.1. The third kappa shape index (κ3) is 4.31. The highest BCUT2D eigenvalue weighted by Gasteiger charge is 2.13. The van der Waals surface area contributed by atoms with Crippen LogP contribution in [-0.4, -0.2) is 30.5 Å². The number of aromatic nitrogens is 1. The molecule has 1 N–H and O–H groups in total. The molecule has 0 radical (unpaired) electrons. The number of rotatable bonds is 6. The number of para-hydroxylation sites is 1. The van der Waals surface area contributed by atoms with Crippen LogP contribution >= 0.6 is 0 Å². The Labute approximate surface area is 128 Å². The molecule has 1 amide bonds. The van der Waals surface area contributed by atoms with Gasteiger partial charge in [-0.3, -0.25) is 14.6 Å². The van der Waals surface area contributed by atoms with Crippen LogP contribution in [0.3, 0.4) is 0 Å². The maximum absolute atomic E-state index is 12.0. The van der Waals surface area contributed by atoms with E-state index in [0.717, 1.165) is 0 Å². The van der Waals surface area contributed by atoms with E-state index in [2.05, 4.69) is 10.3 Å². The van der Waals surface area contributed by atoms with Crippen LogP contribution in [0.2, 0.25) is 0 Å². The summed E-state index contributed by atoms with van der Waals surface area (Å²) in [5.74, 6) is -0.483. The van der Waals surface area contributed by atoms with Gasteiger partial charge in [0.1, 0.15) is 18.9 Å². The maximum atomic E-state index is 12.0. The van der Waals surface area contributed by atoms with Crippen molar-refractivity contribution in [3.05, 3.63) is 59.9 Å². The molecule has 0 spiro atoms. The van der Waals surface area contributed by atoms with Gasteiger partial charge < -0.3 is 14.8 Å². The Morgan fingerprint density at radius 3 is 2.64 bits per heavy atom. The topological polar surface area (TPSA) is 77.5 Å². The Morgan fingerprint density at radius 2 is 1.91 bits per heavy atom. The molecule has 22 heavy (non-hydrogen) atoms. The molecule has 0 aliphatic heterocycles. The average molecular weight is 300 g/mol. The van der Waals surface area contributed by atoms with Gasteiger partial charge in [-0.05, 0) is 24.3 Å². The fraction of sp³-hybridized carbons (Fsp3) is 0.188. The van der Waals surface area contributed by atoms with Gasteiger partial charge in [0.2, 0.25) is 0 Å². The summed E-state index contributed by atoms with van der Waals surface area (Å²) in [6.45, 7) is -0.145. The Kier molecular flexibility index (Phi) is 5.48. The van der Waals surface area contributed by atoms with Gasteiger partial charge in [-0.15, -0.1) is 0 Å². The largest absolute Gasteiger partial charge is 0.496 e. The highest BCUT2D eigenvalue weighted by atomic mass is 16.5. The van der Waals surface area contributed by atoms with Gasteiger partial charge >= 0.3 is 5.97 Å². The van der Waals surface area contributed by atoms with Crippen LogP contribution in [0.1, 0.15) is 16.1 Å². The van der Waals surface area contributed by atoms with Gasteiger partial charge in [0, 0.05) is 6.20 Å². The average Bonchev–Trinajstić information content (AvgIpc) is 2.58. The first-order valence-electron chi connectivity index (χ1n) is 6.67. The molecule has 0 atom stereocenters. The molecule has 2 rings (SSSR count). The minimum atomic E-state index is -0.533. The standard InChI is InChI=1S/C16H16N2O4/c1-21-14-8-3-2-7-13(14)16(20)18-10-15(19)22-11-12-6-4-5-9-17-12/h2-9H,10-11H2,1H3,(H,18,20). The molecule has 6 nitrogen and oxygen atoms in total. The molecule has 0 unspecified atom stereocenters. The first-order valence-corrected chi connectivity index (χ1v) is 6.67. The van der Waals surface area contributed by atoms with Crippen molar-refractivity contribution in [1.82, 2.24) is 10.3 Å². The smallest absolute Gasteiger partial charge is 0.325 e. The number of carbonyl (C=O) groups excluding carboxylic acids is 2. The van der Waals surface area contributed by atoms with E-state index in [-0.39, 0.29) is 13.2 Å². The molecule has 0 bridgehead atoms. The minimum absolute atomic E-state index is 0.0736. The van der Waals surface area contributed by atoms with Gasteiger partial charge in [0.05, 0.1) is 18.4 Å². The number of esters is 1. The molecular weight excluding hydrogens is 284 g/mol. The monoisotopic (exact) mass is 300 g/mol. The number of methoxy groups -OCH3 is 1. The molecule has 0 aliphatic rings. The van der Waals surface area contributed by atoms with Crippen LogP contribution in [0, 0.1) is 0 Å². The van der Waals surface area contributed by atoms with Crippen LogP contribution < -0.4 is 10.1 Å². The predicted octanol–water partition coefficient (Wildman–Crippen LogP) is 1.56. The summed E-state index contributed by atoms with van der Waals surface area (Å²) < 4.78 is 10.1. The quantitative estimate of drug-likeness (QED) is 0.819. The summed E-state index contributed by atoms with van der Waals surface area (Å²) in [5.41, 5.74) is 1.01. The number of nitrogens with one attached hydrogen (secondary N) is 1. The first-order chi connectivity index (χ1) is 10.7. The Bertz CT molecular complexity index is 644. The van der Waals surface area contributed by atoms with Crippen molar-refractivity contribution >= 4 is 11.9 Å². The third-order valence-electron chi connectivity index (χ3n) is 2.85. The molecule has 0 saturated carbocycles. The second kappa shape index (κ2) is 7.78. The van der Waals surface area contributed by atoms with Crippen molar-refractivity contribution in [3.8, 4) is 5.75 Å². The number of carbonyl (C=O) groups is 2. The Balaban J connectivity index is 1.82. The fourth-order valence-electron chi connectivity index (χ4n) is 1.77. The van der Waals surface area contributed by atoms with Crippen LogP contribution in [0.25, 0.3) is 0 Å². The molecule has 0 aliphatic carbocycles. The molecule has 1 aromatic heterocycles. The van der Waals surface area contributed by atoms with Crippen LogP contribution in [0.4, 0.5) is 0 Å². The lowest BCUT2D eigenvalue weighted by Gasteiger charge is -2.09. The number of pyridine rings is 1. The number of benzene rings is 1. The van der Waals surface area contributed by atoms with Crippen molar-refractivity contribution < 1.29 is 19.1 Å². The summed E-state index contributed by atoms with van der Waals surface area (Å²) >= 11 is 0. The Hall–Kier alpha value is -2.89. The lowest BCUT2D eigenvalue weighted by molar-refractivity contribution is -0.143. The van der Waals surface area contributed by atoms with Crippen LogP contribution in [-0.2, 0) is 16.1 Å². The van der Waals surface area contributed by atoms with E-state index in [1.807, 2.05) is 0 Å². The Morgan fingerprint density at radius 1 is 1.14 bits per heavy atom. The maximum Gasteiger partial charge on any atom is 0.325 e. The van der Waals surface area contributed by atoms with E-state index >= 15 is 0 Å². The van der Waals surface area contributed by atoms with Gasteiger partial charge in [-0.2, -0.15) is 0 Å². The highest BCUT2D eigenvalue weighted by Crippen LogP contribution is 2.16. The van der Waals surface area contributed by atoms with Gasteiger partial charge in [-0.25, -0.2) is 0 Å². The zero-order valence-corrected chi connectivity index (χ0v) is 12.1. The summed E-state index contributed by atoms with van der Waals surface area (Å²) in [4.78, 5) is 27.6. The second-order valence-corrected chi connectivity index (χ2v) is 4.36. The lowest BCUT2D eigenvalue weighted by atomic mass is 10.2. The van der Waals surface area contributed by atoms with Crippen molar-refractivity contribution in [2.45, 2.75) is 6.61 Å². The molecule has 0 fully saturated rings. The van der Waals surface area contributed by atoms with E-state index in [0.29, 0.717) is 17.0 Å². The summed E-state index contributed by atoms with van der Waals surface area (Å²) in [5, 5.41) is 2.50. The first kappa shape index (κ1) is 15.5. The fourth-order valence-corrected chi connectivity index (χ4v) is 1.77. The number of hydrogen-bond donors (Lipinski definition) is 1. The van der Waals surface area contributed by atoms with Crippen molar-refractivity contribution in [3.63, 3.8) is 0 Å². The molecule has 6 heteroatoms. The van der Waals surface area contributed by atoms with Gasteiger partial charge in [0.15, 0.2) is 0 Å². The van der Waals surface area contributed by atoms with Crippen molar-refractivity contribution in [1.29, 1.82) is 0 Å². The van der Waals surface area contributed by atoms with E-state index in [9.17, 15) is 9.59 Å². The molecule has 2 aromatic rings. The van der Waals surface area contributed by atoms with Crippen molar-refractivity contribution in [2.24, 2.45) is 0 Å².